The molecule has 0 radical (unpaired) electrons. The van der Waals surface area contributed by atoms with E-state index in [1.165, 1.54) is 15.9 Å². The van der Waals surface area contributed by atoms with E-state index in [9.17, 15) is 14.9 Å². The standard InChI is InChI=1S/C28H34FN5O2/c1-19(2)23-13-12-22(16-24(23)29)34(28(36)25-11-7-15-33(25)18-30)26(20-8-6-14-31-17-20)27(35)32-21-9-4-3-5-10-21/h6,8,12-14,16-17,19,21,25-26H,3-5,7,9-11,15H2,1-2H3,(H,32,35). The predicted molar refractivity (Wildman–Crippen MR) is 135 cm³/mol. The number of halogens is 1. The minimum Gasteiger partial charge on any atom is -0.351 e. The second kappa shape index (κ2) is 11.5. The first kappa shape index (κ1) is 25.6. The average molecular weight is 492 g/mol. The lowest BCUT2D eigenvalue weighted by Crippen LogP contribution is -2.51. The fraction of sp³-hybridized carbons (Fsp3) is 0.500. The molecule has 2 atom stereocenters. The Bertz CT molecular complexity index is 1110. The molecule has 1 aromatic carbocycles. The number of rotatable bonds is 7. The van der Waals surface area contributed by atoms with Gasteiger partial charge in [0.2, 0.25) is 5.91 Å². The summed E-state index contributed by atoms with van der Waals surface area (Å²) in [5.41, 5.74) is 1.36. The van der Waals surface area contributed by atoms with Crippen LogP contribution in [0.1, 0.15) is 81.9 Å². The van der Waals surface area contributed by atoms with Crippen LogP contribution in [0.2, 0.25) is 0 Å². The zero-order valence-corrected chi connectivity index (χ0v) is 21.0. The summed E-state index contributed by atoms with van der Waals surface area (Å²) < 4.78 is 15.2. The van der Waals surface area contributed by atoms with Gasteiger partial charge >= 0.3 is 0 Å². The van der Waals surface area contributed by atoms with Crippen LogP contribution in [-0.4, -0.2) is 40.3 Å². The lowest BCUT2D eigenvalue weighted by Gasteiger charge is -2.35. The van der Waals surface area contributed by atoms with Gasteiger partial charge in [0.25, 0.3) is 5.91 Å². The summed E-state index contributed by atoms with van der Waals surface area (Å²) in [6.07, 6.45) is 11.5. The van der Waals surface area contributed by atoms with E-state index in [2.05, 4.69) is 16.5 Å². The van der Waals surface area contributed by atoms with Crippen LogP contribution in [0, 0.1) is 17.3 Å². The first-order chi connectivity index (χ1) is 17.4. The van der Waals surface area contributed by atoms with Gasteiger partial charge in [-0.15, -0.1) is 0 Å². The molecule has 36 heavy (non-hydrogen) atoms. The van der Waals surface area contributed by atoms with E-state index in [1.807, 2.05) is 13.8 Å². The minimum absolute atomic E-state index is 0.0316. The van der Waals surface area contributed by atoms with Crippen LogP contribution >= 0.6 is 0 Å². The lowest BCUT2D eigenvalue weighted by atomic mass is 9.94. The summed E-state index contributed by atoms with van der Waals surface area (Å²) in [6, 6.07) is 6.46. The maximum atomic E-state index is 15.2. The van der Waals surface area contributed by atoms with Gasteiger partial charge in [-0.2, -0.15) is 5.26 Å². The second-order valence-electron chi connectivity index (χ2n) is 10.1. The van der Waals surface area contributed by atoms with Crippen molar-refractivity contribution in [3.63, 3.8) is 0 Å². The number of pyridine rings is 1. The Morgan fingerprint density at radius 1 is 1.17 bits per heavy atom. The van der Waals surface area contributed by atoms with Crippen molar-refractivity contribution in [2.75, 3.05) is 11.4 Å². The number of nitrogens with one attached hydrogen (secondary N) is 1. The number of anilines is 1. The summed E-state index contributed by atoms with van der Waals surface area (Å²) in [7, 11) is 0. The quantitative estimate of drug-likeness (QED) is 0.562. The Balaban J connectivity index is 1.79. The van der Waals surface area contributed by atoms with Crippen LogP contribution in [0.4, 0.5) is 10.1 Å². The highest BCUT2D eigenvalue weighted by molar-refractivity contribution is 6.04. The van der Waals surface area contributed by atoms with Gasteiger partial charge < -0.3 is 5.32 Å². The Kier molecular flexibility index (Phi) is 8.19. The van der Waals surface area contributed by atoms with Crippen LogP contribution in [0.3, 0.4) is 0 Å². The highest BCUT2D eigenvalue weighted by atomic mass is 19.1. The van der Waals surface area contributed by atoms with Crippen LogP contribution < -0.4 is 10.2 Å². The summed E-state index contributed by atoms with van der Waals surface area (Å²) in [6.45, 7) is 4.29. The molecule has 4 rings (SSSR count). The van der Waals surface area contributed by atoms with Gasteiger partial charge in [-0.05, 0) is 55.4 Å². The summed E-state index contributed by atoms with van der Waals surface area (Å²) in [5.74, 6) is -1.17. The molecule has 1 aliphatic heterocycles. The van der Waals surface area contributed by atoms with Gasteiger partial charge in [-0.3, -0.25) is 24.4 Å². The molecule has 1 saturated carbocycles. The second-order valence-corrected chi connectivity index (χ2v) is 10.1. The summed E-state index contributed by atoms with van der Waals surface area (Å²) >= 11 is 0. The minimum atomic E-state index is -1.04. The molecule has 0 spiro atoms. The van der Waals surface area contributed by atoms with Crippen LogP contribution in [-0.2, 0) is 9.59 Å². The molecule has 2 aliphatic rings. The molecule has 2 heterocycles. The molecule has 2 aromatic rings. The molecule has 7 nitrogen and oxygen atoms in total. The first-order valence-electron chi connectivity index (χ1n) is 12.9. The van der Waals surface area contributed by atoms with Crippen molar-refractivity contribution in [1.82, 2.24) is 15.2 Å². The largest absolute Gasteiger partial charge is 0.351 e. The maximum Gasteiger partial charge on any atom is 0.251 e. The zero-order chi connectivity index (χ0) is 25.7. The van der Waals surface area contributed by atoms with Crippen LogP contribution in [0.25, 0.3) is 0 Å². The van der Waals surface area contributed by atoms with Gasteiger partial charge in [-0.25, -0.2) is 4.39 Å². The Morgan fingerprint density at radius 3 is 2.58 bits per heavy atom. The molecular formula is C28H34FN5O2. The van der Waals surface area contributed by atoms with Crippen molar-refractivity contribution in [1.29, 1.82) is 5.26 Å². The van der Waals surface area contributed by atoms with E-state index in [1.54, 1.807) is 36.7 Å². The van der Waals surface area contributed by atoms with E-state index >= 15 is 4.39 Å². The first-order valence-corrected chi connectivity index (χ1v) is 12.9. The smallest absolute Gasteiger partial charge is 0.251 e. The predicted octanol–water partition coefficient (Wildman–Crippen LogP) is 4.81. The Hall–Kier alpha value is -3.47. The van der Waals surface area contributed by atoms with E-state index in [0.29, 0.717) is 36.2 Å². The number of carbonyl (C=O) groups excluding carboxylic acids is 2. The van der Waals surface area contributed by atoms with Crippen molar-refractivity contribution in [3.05, 3.63) is 59.7 Å². The molecule has 8 heteroatoms. The molecule has 1 aliphatic carbocycles. The number of hydrogen-bond acceptors (Lipinski definition) is 5. The molecule has 1 aromatic heterocycles. The number of hydrogen-bond donors (Lipinski definition) is 1. The molecule has 2 fully saturated rings. The number of likely N-dealkylation sites (tertiary alicyclic amines) is 1. The molecule has 0 bridgehead atoms. The SMILES string of the molecule is CC(C)c1ccc(N(C(=O)C2CCCN2C#N)C(C(=O)NC2CCCCC2)c2cccnc2)cc1F. The van der Waals surface area contributed by atoms with E-state index in [0.717, 1.165) is 32.1 Å². The highest BCUT2D eigenvalue weighted by Crippen LogP contribution is 2.33. The van der Waals surface area contributed by atoms with Crippen molar-refractivity contribution in [3.8, 4) is 6.19 Å². The van der Waals surface area contributed by atoms with E-state index < -0.39 is 23.8 Å². The third-order valence-electron chi connectivity index (χ3n) is 7.25. The molecule has 190 valence electrons. The Labute approximate surface area is 212 Å². The van der Waals surface area contributed by atoms with Gasteiger partial charge in [0.05, 0.1) is 0 Å². The van der Waals surface area contributed by atoms with Gasteiger partial charge in [0, 0.05) is 36.2 Å². The van der Waals surface area contributed by atoms with Crippen molar-refractivity contribution >= 4 is 17.5 Å². The topological polar surface area (TPSA) is 89.3 Å². The normalized spacial score (nSPS) is 19.1. The van der Waals surface area contributed by atoms with E-state index in [-0.39, 0.29) is 17.9 Å². The van der Waals surface area contributed by atoms with Crippen molar-refractivity contribution in [2.24, 2.45) is 0 Å². The van der Waals surface area contributed by atoms with Crippen molar-refractivity contribution < 1.29 is 14.0 Å². The van der Waals surface area contributed by atoms with E-state index in [4.69, 9.17) is 0 Å². The Morgan fingerprint density at radius 2 is 1.94 bits per heavy atom. The lowest BCUT2D eigenvalue weighted by molar-refractivity contribution is -0.128. The number of carbonyl (C=O) groups is 2. The highest BCUT2D eigenvalue weighted by Gasteiger charge is 2.41. The average Bonchev–Trinajstić information content (AvgIpc) is 3.36. The third-order valence-corrected chi connectivity index (χ3v) is 7.25. The number of nitriles is 1. The third kappa shape index (κ3) is 5.51. The van der Waals surface area contributed by atoms with Gasteiger partial charge in [0.15, 0.2) is 6.19 Å². The monoisotopic (exact) mass is 491 g/mol. The van der Waals surface area contributed by atoms with Gasteiger partial charge in [0.1, 0.15) is 17.9 Å². The van der Waals surface area contributed by atoms with Crippen LogP contribution in [0.5, 0.6) is 0 Å². The number of nitrogens with zero attached hydrogens (tertiary/aromatic N) is 4. The molecule has 2 unspecified atom stereocenters. The van der Waals surface area contributed by atoms with Crippen molar-refractivity contribution in [2.45, 2.75) is 82.8 Å². The molecule has 1 saturated heterocycles. The van der Waals surface area contributed by atoms with Crippen LogP contribution in [0.15, 0.2) is 42.7 Å². The summed E-state index contributed by atoms with van der Waals surface area (Å²) in [4.78, 5) is 34.9. The fourth-order valence-electron chi connectivity index (χ4n) is 5.32. The number of aromatic nitrogens is 1. The van der Waals surface area contributed by atoms with Gasteiger partial charge in [-0.1, -0.05) is 45.2 Å². The molecule has 2 amide bonds. The molecular weight excluding hydrogens is 457 g/mol. The number of amides is 2. The number of benzene rings is 1. The summed E-state index contributed by atoms with van der Waals surface area (Å²) in [5, 5.41) is 12.8. The fourth-order valence-corrected chi connectivity index (χ4v) is 5.32. The molecule has 1 N–H and O–H groups in total. The zero-order valence-electron chi connectivity index (χ0n) is 21.0. The maximum absolute atomic E-state index is 15.2.